The Hall–Kier alpha value is -1.49. The second-order valence-corrected chi connectivity index (χ2v) is 3.09. The molecule has 0 spiro atoms. The number of rotatable bonds is 3. The lowest BCUT2D eigenvalue weighted by atomic mass is 10.2. The second-order valence-electron chi connectivity index (χ2n) is 2.67. The van der Waals surface area contributed by atoms with Crippen molar-refractivity contribution in [3.05, 3.63) is 35.4 Å². The smallest absolute Gasteiger partial charge is 0.251 e. The van der Waals surface area contributed by atoms with Gasteiger partial charge in [-0.25, -0.2) is 8.78 Å². The zero-order valence-electron chi connectivity index (χ0n) is 7.39. The second kappa shape index (κ2) is 4.84. The van der Waals surface area contributed by atoms with Gasteiger partial charge in [0.15, 0.2) is 11.6 Å². The van der Waals surface area contributed by atoms with Crippen molar-refractivity contribution in [2.45, 2.75) is 0 Å². The van der Waals surface area contributed by atoms with Gasteiger partial charge in [0.1, 0.15) is 0 Å². The molecule has 1 aromatic carbocycles. The normalized spacial score (nSPS) is 9.80. The lowest BCUT2D eigenvalue weighted by Gasteiger charge is -2.02. The molecule has 15 heavy (non-hydrogen) atoms. The van der Waals surface area contributed by atoms with Crippen LogP contribution < -0.4 is 5.32 Å². The van der Waals surface area contributed by atoms with Gasteiger partial charge in [0.25, 0.3) is 5.91 Å². The molecule has 1 rings (SSSR count). The summed E-state index contributed by atoms with van der Waals surface area (Å²) in [5.74, 6) is -2.86. The number of carbonyl (C=O) groups is 2. The van der Waals surface area contributed by atoms with Crippen molar-refractivity contribution >= 4 is 22.8 Å². The number of nitrogens with one attached hydrogen (secondary N) is 1. The van der Waals surface area contributed by atoms with Crippen LogP contribution in [0.25, 0.3) is 0 Å². The molecule has 0 aliphatic heterocycles. The Balaban J connectivity index is 2.74. The van der Waals surface area contributed by atoms with Crippen molar-refractivity contribution in [3.8, 4) is 0 Å². The molecule has 1 N–H and O–H groups in total. The van der Waals surface area contributed by atoms with Crippen LogP contribution in [0.4, 0.5) is 8.78 Å². The fourth-order valence-corrected chi connectivity index (χ4v) is 0.956. The third kappa shape index (κ3) is 3.28. The highest BCUT2D eigenvalue weighted by molar-refractivity contribution is 6.64. The van der Waals surface area contributed by atoms with Crippen LogP contribution in [0, 0.1) is 11.6 Å². The fraction of sp³-hybridized carbons (Fsp3) is 0.111. The highest BCUT2D eigenvalue weighted by Crippen LogP contribution is 2.08. The van der Waals surface area contributed by atoms with Gasteiger partial charge in [0, 0.05) is 5.56 Å². The summed E-state index contributed by atoms with van der Waals surface area (Å²) < 4.78 is 25.2. The minimum absolute atomic E-state index is 0.0770. The first-order valence-electron chi connectivity index (χ1n) is 3.92. The number of benzene rings is 1. The SMILES string of the molecule is O=C(Cl)CNC(=O)c1ccc(F)c(F)c1. The summed E-state index contributed by atoms with van der Waals surface area (Å²) in [5.41, 5.74) is -0.0770. The molecule has 0 aliphatic carbocycles. The van der Waals surface area contributed by atoms with Crippen molar-refractivity contribution in [1.82, 2.24) is 5.32 Å². The maximum absolute atomic E-state index is 12.7. The first kappa shape index (κ1) is 11.6. The van der Waals surface area contributed by atoms with E-state index in [0.717, 1.165) is 18.2 Å². The molecule has 1 aromatic rings. The predicted octanol–water partition coefficient (Wildman–Crippen LogP) is 1.46. The van der Waals surface area contributed by atoms with Gasteiger partial charge in [0.05, 0.1) is 6.54 Å². The molecule has 1 amide bonds. The predicted molar refractivity (Wildman–Crippen MR) is 49.6 cm³/mol. The van der Waals surface area contributed by atoms with Gasteiger partial charge in [-0.3, -0.25) is 9.59 Å². The minimum Gasteiger partial charge on any atom is -0.344 e. The van der Waals surface area contributed by atoms with E-state index >= 15 is 0 Å². The lowest BCUT2D eigenvalue weighted by Crippen LogP contribution is -2.27. The summed E-state index contributed by atoms with van der Waals surface area (Å²) in [6.45, 7) is -0.362. The number of halogens is 3. The number of carbonyl (C=O) groups excluding carboxylic acids is 2. The summed E-state index contributed by atoms with van der Waals surface area (Å²) in [6.07, 6.45) is 0. The highest BCUT2D eigenvalue weighted by atomic mass is 35.5. The van der Waals surface area contributed by atoms with Crippen LogP contribution in [0.5, 0.6) is 0 Å². The van der Waals surface area contributed by atoms with E-state index in [9.17, 15) is 18.4 Å². The zero-order valence-corrected chi connectivity index (χ0v) is 8.15. The monoisotopic (exact) mass is 233 g/mol. The lowest BCUT2D eigenvalue weighted by molar-refractivity contribution is -0.110. The summed E-state index contributed by atoms with van der Waals surface area (Å²) in [5, 5.41) is 1.39. The largest absolute Gasteiger partial charge is 0.344 e. The van der Waals surface area contributed by atoms with Crippen molar-refractivity contribution in [2.24, 2.45) is 0 Å². The summed E-state index contributed by atoms with van der Waals surface area (Å²) in [4.78, 5) is 21.5. The van der Waals surface area contributed by atoms with Gasteiger partial charge in [-0.15, -0.1) is 0 Å². The number of amides is 1. The minimum atomic E-state index is -1.13. The molecule has 0 aliphatic rings. The van der Waals surface area contributed by atoms with Crippen molar-refractivity contribution in [3.63, 3.8) is 0 Å². The molecule has 0 fully saturated rings. The Morgan fingerprint density at radius 3 is 2.47 bits per heavy atom. The van der Waals surface area contributed by atoms with Crippen molar-refractivity contribution < 1.29 is 18.4 Å². The highest BCUT2D eigenvalue weighted by Gasteiger charge is 2.09. The van der Waals surface area contributed by atoms with Crippen LogP contribution in [0.15, 0.2) is 18.2 Å². The van der Waals surface area contributed by atoms with Gasteiger partial charge >= 0.3 is 0 Å². The third-order valence-corrected chi connectivity index (χ3v) is 1.70. The van der Waals surface area contributed by atoms with E-state index in [0.29, 0.717) is 0 Å². The quantitative estimate of drug-likeness (QED) is 0.804. The topological polar surface area (TPSA) is 46.2 Å². The Labute approximate surface area is 89.0 Å². The van der Waals surface area contributed by atoms with Crippen LogP contribution in [0.3, 0.4) is 0 Å². The Kier molecular flexibility index (Phi) is 3.74. The molecule has 0 radical (unpaired) electrons. The van der Waals surface area contributed by atoms with Crippen LogP contribution in [0.1, 0.15) is 10.4 Å². The maximum atomic E-state index is 12.7. The average molecular weight is 234 g/mol. The van der Waals surface area contributed by atoms with Crippen molar-refractivity contribution in [2.75, 3.05) is 6.54 Å². The Morgan fingerprint density at radius 1 is 1.27 bits per heavy atom. The molecule has 80 valence electrons. The van der Waals surface area contributed by atoms with Crippen LogP contribution in [0.2, 0.25) is 0 Å². The van der Waals surface area contributed by atoms with E-state index in [1.165, 1.54) is 0 Å². The molecule has 3 nitrogen and oxygen atoms in total. The molecule has 0 aromatic heterocycles. The molecule has 0 atom stereocenters. The van der Waals surface area contributed by atoms with Crippen LogP contribution in [-0.4, -0.2) is 17.7 Å². The zero-order chi connectivity index (χ0) is 11.4. The summed E-state index contributed by atoms with van der Waals surface area (Å²) in [7, 11) is 0. The Morgan fingerprint density at radius 2 is 1.93 bits per heavy atom. The van der Waals surface area contributed by atoms with E-state index in [2.05, 4.69) is 5.32 Å². The van der Waals surface area contributed by atoms with E-state index in [4.69, 9.17) is 11.6 Å². The molecular weight excluding hydrogens is 228 g/mol. The van der Waals surface area contributed by atoms with Gasteiger partial charge in [-0.05, 0) is 29.8 Å². The van der Waals surface area contributed by atoms with E-state index < -0.39 is 22.8 Å². The standard InChI is InChI=1S/C9H6ClF2NO2/c10-8(14)4-13-9(15)5-1-2-6(11)7(12)3-5/h1-3H,4H2,(H,13,15). The summed E-state index contributed by atoms with van der Waals surface area (Å²) >= 11 is 4.98. The van der Waals surface area contributed by atoms with E-state index in [1.807, 2.05) is 0 Å². The molecule has 0 bridgehead atoms. The maximum Gasteiger partial charge on any atom is 0.251 e. The first-order valence-corrected chi connectivity index (χ1v) is 4.30. The summed E-state index contributed by atoms with van der Waals surface area (Å²) in [6, 6.07) is 2.67. The molecule has 0 heterocycles. The van der Waals surface area contributed by atoms with Gasteiger partial charge in [-0.2, -0.15) is 0 Å². The molecule has 0 saturated heterocycles. The van der Waals surface area contributed by atoms with Crippen LogP contribution >= 0.6 is 11.6 Å². The molecular formula is C9H6ClF2NO2. The van der Waals surface area contributed by atoms with Gasteiger partial charge < -0.3 is 5.32 Å². The fourth-order valence-electron chi connectivity index (χ4n) is 0.889. The number of hydrogen-bond donors (Lipinski definition) is 1. The Bertz CT molecular complexity index is 409. The third-order valence-electron chi connectivity index (χ3n) is 1.57. The van der Waals surface area contributed by atoms with E-state index in [1.54, 1.807) is 0 Å². The van der Waals surface area contributed by atoms with Crippen LogP contribution in [-0.2, 0) is 4.79 Å². The van der Waals surface area contributed by atoms with E-state index in [-0.39, 0.29) is 12.1 Å². The number of hydrogen-bond acceptors (Lipinski definition) is 2. The van der Waals surface area contributed by atoms with Gasteiger partial charge in [-0.1, -0.05) is 0 Å². The van der Waals surface area contributed by atoms with Crippen molar-refractivity contribution in [1.29, 1.82) is 0 Å². The molecule has 0 unspecified atom stereocenters. The van der Waals surface area contributed by atoms with Gasteiger partial charge in [0.2, 0.25) is 5.24 Å². The average Bonchev–Trinajstić information content (AvgIpc) is 2.18. The first-order chi connectivity index (χ1) is 7.00. The molecule has 0 saturated carbocycles. The molecule has 6 heteroatoms.